The first kappa shape index (κ1) is 16.0. The number of sulfonamides is 1. The summed E-state index contributed by atoms with van der Waals surface area (Å²) in [6, 6.07) is 13.5. The molecule has 0 radical (unpaired) electrons. The second kappa shape index (κ2) is 6.60. The topological polar surface area (TPSA) is 55.4 Å². The number of rotatable bonds is 5. The van der Waals surface area contributed by atoms with Crippen molar-refractivity contribution in [2.75, 3.05) is 7.11 Å². The maximum Gasteiger partial charge on any atom is 0.241 e. The van der Waals surface area contributed by atoms with Gasteiger partial charge in [-0.2, -0.15) is 0 Å². The summed E-state index contributed by atoms with van der Waals surface area (Å²) in [6.07, 6.45) is 0. The molecule has 0 heterocycles. The Morgan fingerprint density at radius 3 is 2.33 bits per heavy atom. The quantitative estimate of drug-likeness (QED) is 0.877. The van der Waals surface area contributed by atoms with Crippen molar-refractivity contribution in [1.82, 2.24) is 4.72 Å². The Kier molecular flexibility index (Phi) is 5.03. The van der Waals surface area contributed by atoms with Gasteiger partial charge in [0, 0.05) is 16.1 Å². The van der Waals surface area contributed by atoms with Gasteiger partial charge in [-0.15, -0.1) is 0 Å². The van der Waals surface area contributed by atoms with Crippen LogP contribution < -0.4 is 9.46 Å². The lowest BCUT2D eigenvalue weighted by Gasteiger charge is -2.17. The van der Waals surface area contributed by atoms with Crippen molar-refractivity contribution in [3.8, 4) is 5.75 Å². The summed E-state index contributed by atoms with van der Waals surface area (Å²) in [5.74, 6) is 0.656. The van der Waals surface area contributed by atoms with Crippen molar-refractivity contribution in [3.63, 3.8) is 0 Å². The summed E-state index contributed by atoms with van der Waals surface area (Å²) in [7, 11) is -2.01. The van der Waals surface area contributed by atoms with E-state index in [9.17, 15) is 8.42 Å². The van der Waals surface area contributed by atoms with Crippen molar-refractivity contribution in [2.24, 2.45) is 0 Å². The van der Waals surface area contributed by atoms with Gasteiger partial charge in [-0.25, -0.2) is 13.1 Å². The van der Waals surface area contributed by atoms with Gasteiger partial charge < -0.3 is 4.74 Å². The van der Waals surface area contributed by atoms with Gasteiger partial charge in [0.05, 0.1) is 12.0 Å². The van der Waals surface area contributed by atoms with E-state index in [1.54, 1.807) is 44.4 Å². The van der Waals surface area contributed by atoms with Crippen LogP contribution in [0.2, 0.25) is 0 Å². The van der Waals surface area contributed by atoms with Gasteiger partial charge >= 0.3 is 0 Å². The van der Waals surface area contributed by atoms with E-state index >= 15 is 0 Å². The first-order chi connectivity index (χ1) is 9.94. The van der Waals surface area contributed by atoms with Crippen LogP contribution in [0, 0.1) is 0 Å². The molecule has 1 atom stereocenters. The van der Waals surface area contributed by atoms with Crippen LogP contribution in [-0.2, 0) is 10.0 Å². The molecule has 0 aromatic heterocycles. The molecule has 21 heavy (non-hydrogen) atoms. The van der Waals surface area contributed by atoms with Crippen LogP contribution in [0.1, 0.15) is 18.5 Å². The van der Waals surface area contributed by atoms with Crippen molar-refractivity contribution in [2.45, 2.75) is 17.9 Å². The van der Waals surface area contributed by atoms with Crippen LogP contribution in [0.15, 0.2) is 57.9 Å². The monoisotopic (exact) mass is 369 g/mol. The molecular formula is C15H16BrNO3S. The Bertz CT molecular complexity index is 714. The minimum absolute atomic E-state index is 0.229. The van der Waals surface area contributed by atoms with Gasteiger partial charge in [0.15, 0.2) is 0 Å². The highest BCUT2D eigenvalue weighted by atomic mass is 79.9. The van der Waals surface area contributed by atoms with Crippen LogP contribution in [0.25, 0.3) is 0 Å². The highest BCUT2D eigenvalue weighted by Crippen LogP contribution is 2.26. The lowest BCUT2D eigenvalue weighted by atomic mass is 10.1. The maximum atomic E-state index is 12.4. The molecule has 6 heteroatoms. The van der Waals surface area contributed by atoms with Gasteiger partial charge in [0.1, 0.15) is 5.75 Å². The van der Waals surface area contributed by atoms with Gasteiger partial charge in [0.25, 0.3) is 0 Å². The van der Waals surface area contributed by atoms with Crippen LogP contribution in [0.5, 0.6) is 5.75 Å². The van der Waals surface area contributed by atoms with E-state index in [2.05, 4.69) is 20.7 Å². The molecule has 1 N–H and O–H groups in total. The molecule has 0 saturated heterocycles. The van der Waals surface area contributed by atoms with E-state index in [0.717, 1.165) is 10.0 Å². The lowest BCUT2D eigenvalue weighted by Crippen LogP contribution is -2.27. The summed E-state index contributed by atoms with van der Waals surface area (Å²) in [5, 5.41) is 0. The van der Waals surface area contributed by atoms with Crippen LogP contribution in [0.3, 0.4) is 0 Å². The molecular weight excluding hydrogens is 354 g/mol. The molecule has 112 valence electrons. The number of hydrogen-bond donors (Lipinski definition) is 1. The van der Waals surface area contributed by atoms with Gasteiger partial charge in [-0.3, -0.25) is 0 Å². The summed E-state index contributed by atoms with van der Waals surface area (Å²) in [5.41, 5.74) is 0.792. The first-order valence-corrected chi connectivity index (χ1v) is 8.62. The maximum absolute atomic E-state index is 12.4. The minimum Gasteiger partial charge on any atom is -0.496 e. The largest absolute Gasteiger partial charge is 0.496 e. The van der Waals surface area contributed by atoms with Crippen molar-refractivity contribution < 1.29 is 13.2 Å². The van der Waals surface area contributed by atoms with E-state index in [-0.39, 0.29) is 4.90 Å². The van der Waals surface area contributed by atoms with Crippen molar-refractivity contribution in [3.05, 3.63) is 58.6 Å². The van der Waals surface area contributed by atoms with Crippen molar-refractivity contribution in [1.29, 1.82) is 0 Å². The number of halogens is 1. The molecule has 0 aliphatic rings. The average molecular weight is 370 g/mol. The normalized spacial score (nSPS) is 12.9. The van der Waals surface area contributed by atoms with E-state index in [1.807, 2.05) is 18.2 Å². The molecule has 2 aromatic rings. The molecule has 0 fully saturated rings. The predicted molar refractivity (Wildman–Crippen MR) is 85.9 cm³/mol. The number of ether oxygens (including phenoxy) is 1. The Morgan fingerprint density at radius 1 is 1.10 bits per heavy atom. The van der Waals surface area contributed by atoms with Crippen molar-refractivity contribution >= 4 is 26.0 Å². The molecule has 2 aromatic carbocycles. The van der Waals surface area contributed by atoms with E-state index < -0.39 is 16.1 Å². The SMILES string of the molecule is COc1ccccc1[C@@H](C)NS(=O)(=O)c1ccc(Br)cc1. The second-order valence-electron chi connectivity index (χ2n) is 4.54. The van der Waals surface area contributed by atoms with Crippen LogP contribution >= 0.6 is 15.9 Å². The molecule has 2 rings (SSSR count). The van der Waals surface area contributed by atoms with Crippen LogP contribution in [-0.4, -0.2) is 15.5 Å². The smallest absolute Gasteiger partial charge is 0.241 e. The lowest BCUT2D eigenvalue weighted by molar-refractivity contribution is 0.405. The fourth-order valence-electron chi connectivity index (χ4n) is 2.00. The fraction of sp³-hybridized carbons (Fsp3) is 0.200. The van der Waals surface area contributed by atoms with E-state index in [4.69, 9.17) is 4.74 Å². The zero-order chi connectivity index (χ0) is 15.5. The van der Waals surface area contributed by atoms with E-state index in [0.29, 0.717) is 5.75 Å². The third kappa shape index (κ3) is 3.84. The summed E-state index contributed by atoms with van der Waals surface area (Å²) in [4.78, 5) is 0.229. The number of para-hydroxylation sites is 1. The summed E-state index contributed by atoms with van der Waals surface area (Å²) in [6.45, 7) is 1.79. The third-order valence-corrected chi connectivity index (χ3v) is 5.15. The van der Waals surface area contributed by atoms with E-state index in [1.165, 1.54) is 0 Å². The second-order valence-corrected chi connectivity index (χ2v) is 7.17. The molecule has 0 aliphatic heterocycles. The Labute approximate surface area is 133 Å². The zero-order valence-corrected chi connectivity index (χ0v) is 14.1. The van der Waals surface area contributed by atoms with Gasteiger partial charge in [-0.1, -0.05) is 34.1 Å². The highest BCUT2D eigenvalue weighted by Gasteiger charge is 2.20. The molecule has 0 saturated carbocycles. The Hall–Kier alpha value is -1.37. The summed E-state index contributed by atoms with van der Waals surface area (Å²) >= 11 is 3.29. The van der Waals surface area contributed by atoms with Crippen LogP contribution in [0.4, 0.5) is 0 Å². The molecule has 0 spiro atoms. The fourth-order valence-corrected chi connectivity index (χ4v) is 3.49. The molecule has 0 bridgehead atoms. The number of hydrogen-bond acceptors (Lipinski definition) is 3. The number of benzene rings is 2. The molecule has 4 nitrogen and oxygen atoms in total. The Morgan fingerprint density at radius 2 is 1.71 bits per heavy atom. The minimum atomic E-state index is -3.58. The number of methoxy groups -OCH3 is 1. The Balaban J connectivity index is 2.25. The van der Waals surface area contributed by atoms with Gasteiger partial charge in [-0.05, 0) is 37.3 Å². The predicted octanol–water partition coefficient (Wildman–Crippen LogP) is 3.50. The molecule has 0 aliphatic carbocycles. The summed E-state index contributed by atoms with van der Waals surface area (Å²) < 4.78 is 33.5. The standard InChI is InChI=1S/C15H16BrNO3S/c1-11(14-5-3-4-6-15(14)20-2)17-21(18,19)13-9-7-12(16)8-10-13/h3-11,17H,1-2H3/t11-/m1/s1. The average Bonchev–Trinajstić information content (AvgIpc) is 2.47. The number of nitrogens with one attached hydrogen (secondary N) is 1. The molecule has 0 amide bonds. The highest BCUT2D eigenvalue weighted by molar-refractivity contribution is 9.10. The zero-order valence-electron chi connectivity index (χ0n) is 11.7. The molecule has 0 unspecified atom stereocenters. The third-order valence-electron chi connectivity index (χ3n) is 3.06. The first-order valence-electron chi connectivity index (χ1n) is 6.35. The van der Waals surface area contributed by atoms with Gasteiger partial charge in [0.2, 0.25) is 10.0 Å².